The summed E-state index contributed by atoms with van der Waals surface area (Å²) in [6.45, 7) is 14.0. The number of hydrogen-bond acceptors (Lipinski definition) is 2. The van der Waals surface area contributed by atoms with Crippen LogP contribution in [0.2, 0.25) is 25.7 Å². The van der Waals surface area contributed by atoms with E-state index < -0.39 is 8.07 Å². The van der Waals surface area contributed by atoms with Gasteiger partial charge in [-0.15, -0.1) is 0 Å². The molecule has 1 atom stereocenters. The minimum Gasteiger partial charge on any atom is -0.457 e. The second-order valence-electron chi connectivity index (χ2n) is 7.73. The fourth-order valence-electron chi connectivity index (χ4n) is 3.07. The third kappa shape index (κ3) is 4.93. The zero-order chi connectivity index (χ0) is 17.0. The van der Waals surface area contributed by atoms with E-state index in [9.17, 15) is 4.79 Å². The van der Waals surface area contributed by atoms with Gasteiger partial charge in [0.15, 0.2) is 0 Å². The van der Waals surface area contributed by atoms with E-state index in [2.05, 4.69) is 33.1 Å². The van der Waals surface area contributed by atoms with E-state index in [0.717, 1.165) is 24.5 Å². The molecule has 0 bridgehead atoms. The van der Waals surface area contributed by atoms with Crippen molar-refractivity contribution in [1.82, 2.24) is 0 Å². The monoisotopic (exact) mass is 328 g/mol. The molecule has 0 radical (unpaired) electrons. The smallest absolute Gasteiger partial charge is 0.338 e. The molecular weight excluding hydrogens is 300 g/mol. The highest BCUT2D eigenvalue weighted by molar-refractivity contribution is 6.76. The molecule has 0 unspecified atom stereocenters. The van der Waals surface area contributed by atoms with Crippen molar-refractivity contribution >= 4 is 14.0 Å². The van der Waals surface area contributed by atoms with Gasteiger partial charge in [-0.3, -0.25) is 0 Å². The van der Waals surface area contributed by atoms with Crippen LogP contribution in [0.25, 0.3) is 0 Å². The average molecular weight is 329 g/mol. The van der Waals surface area contributed by atoms with Crippen LogP contribution in [-0.2, 0) is 4.74 Å². The van der Waals surface area contributed by atoms with Crippen LogP contribution in [0.15, 0.2) is 53.6 Å². The number of carbonyl (C=O) groups excluding carboxylic acids is 1. The molecule has 0 fully saturated rings. The Labute approximate surface area is 141 Å². The molecule has 1 aromatic rings. The lowest BCUT2D eigenvalue weighted by atomic mass is 9.82. The van der Waals surface area contributed by atoms with Crippen molar-refractivity contribution in [2.45, 2.75) is 45.5 Å². The molecule has 124 valence electrons. The quantitative estimate of drug-likeness (QED) is 0.529. The molecule has 0 saturated heterocycles. The minimum absolute atomic E-state index is 0.253. The van der Waals surface area contributed by atoms with Crippen LogP contribution in [0.3, 0.4) is 0 Å². The summed E-state index contributed by atoms with van der Waals surface area (Å²) in [5, 5.41) is 0. The van der Waals surface area contributed by atoms with E-state index >= 15 is 0 Å². The molecule has 0 N–H and O–H groups in total. The Morgan fingerprint density at radius 2 is 1.91 bits per heavy atom. The Hall–Kier alpha value is -1.61. The molecule has 0 amide bonds. The van der Waals surface area contributed by atoms with Crippen molar-refractivity contribution in [2.24, 2.45) is 5.92 Å². The maximum Gasteiger partial charge on any atom is 0.338 e. The second kappa shape index (κ2) is 7.31. The van der Waals surface area contributed by atoms with Gasteiger partial charge in [0.2, 0.25) is 0 Å². The molecule has 1 aliphatic carbocycles. The van der Waals surface area contributed by atoms with E-state index in [1.165, 1.54) is 11.1 Å². The SMILES string of the molecule is C=C1C(COC(=O)c2ccccc2)=C(C[Si](C)(C)C)CC[C@@H]1C. The topological polar surface area (TPSA) is 26.3 Å². The van der Waals surface area contributed by atoms with Crippen LogP contribution in [0.4, 0.5) is 0 Å². The first-order valence-electron chi connectivity index (χ1n) is 8.40. The summed E-state index contributed by atoms with van der Waals surface area (Å²) < 4.78 is 5.59. The van der Waals surface area contributed by atoms with Gasteiger partial charge in [0, 0.05) is 8.07 Å². The molecule has 0 aliphatic heterocycles. The predicted octanol–water partition coefficient (Wildman–Crippen LogP) is 5.46. The standard InChI is InChI=1S/C20H28O2Si/c1-15-11-12-18(14-23(3,4)5)19(16(15)2)13-22-20(21)17-9-7-6-8-10-17/h6-10,15H,2,11-14H2,1,3-5H3/t15-/m0/s1. The van der Waals surface area contributed by atoms with Crippen LogP contribution in [0.5, 0.6) is 0 Å². The van der Waals surface area contributed by atoms with Crippen LogP contribution in [0, 0.1) is 5.92 Å². The highest BCUT2D eigenvalue weighted by Gasteiger charge is 2.26. The summed E-state index contributed by atoms with van der Waals surface area (Å²) in [6.07, 6.45) is 2.28. The van der Waals surface area contributed by atoms with Crippen molar-refractivity contribution < 1.29 is 9.53 Å². The van der Waals surface area contributed by atoms with Crippen LogP contribution in [-0.4, -0.2) is 20.7 Å². The Bertz CT molecular complexity index is 608. The van der Waals surface area contributed by atoms with Gasteiger partial charge in [-0.1, -0.05) is 56.9 Å². The first-order chi connectivity index (χ1) is 10.8. The molecule has 0 spiro atoms. The summed E-state index contributed by atoms with van der Waals surface area (Å²) >= 11 is 0. The first kappa shape index (κ1) is 17.7. The molecule has 3 heteroatoms. The van der Waals surface area contributed by atoms with Crippen molar-refractivity contribution in [2.75, 3.05) is 6.61 Å². The predicted molar refractivity (Wildman–Crippen MR) is 99.4 cm³/mol. The lowest BCUT2D eigenvalue weighted by molar-refractivity contribution is 0.0539. The molecule has 1 aliphatic rings. The Kier molecular flexibility index (Phi) is 5.63. The largest absolute Gasteiger partial charge is 0.457 e. The fourth-order valence-corrected chi connectivity index (χ4v) is 4.74. The molecule has 0 aromatic heterocycles. The first-order valence-corrected chi connectivity index (χ1v) is 12.1. The average Bonchev–Trinajstić information content (AvgIpc) is 2.50. The van der Waals surface area contributed by atoms with Gasteiger partial charge in [-0.05, 0) is 48.1 Å². The van der Waals surface area contributed by atoms with Gasteiger partial charge >= 0.3 is 5.97 Å². The molecule has 2 nitrogen and oxygen atoms in total. The zero-order valence-corrected chi connectivity index (χ0v) is 15.8. The van der Waals surface area contributed by atoms with Crippen molar-refractivity contribution in [3.63, 3.8) is 0 Å². The number of benzene rings is 1. The number of hydrogen-bond donors (Lipinski definition) is 0. The number of rotatable bonds is 5. The lowest BCUT2D eigenvalue weighted by Crippen LogP contribution is -2.24. The van der Waals surface area contributed by atoms with Gasteiger partial charge in [-0.25, -0.2) is 4.79 Å². The molecule has 0 heterocycles. The molecular formula is C20H28O2Si. The number of esters is 1. The summed E-state index contributed by atoms with van der Waals surface area (Å²) in [7, 11) is -1.20. The maximum absolute atomic E-state index is 12.2. The van der Waals surface area contributed by atoms with Gasteiger partial charge in [0.05, 0.1) is 5.56 Å². The van der Waals surface area contributed by atoms with Crippen LogP contribution in [0.1, 0.15) is 30.1 Å². The molecule has 0 saturated carbocycles. The van der Waals surface area contributed by atoms with E-state index in [-0.39, 0.29) is 5.97 Å². The van der Waals surface area contributed by atoms with E-state index in [4.69, 9.17) is 4.74 Å². The second-order valence-corrected chi connectivity index (χ2v) is 13.2. The summed E-state index contributed by atoms with van der Waals surface area (Å²) in [5.41, 5.74) is 4.42. The summed E-state index contributed by atoms with van der Waals surface area (Å²) in [4.78, 5) is 12.2. The lowest BCUT2D eigenvalue weighted by Gasteiger charge is -2.30. The molecule has 2 rings (SSSR count). The highest BCUT2D eigenvalue weighted by atomic mass is 28.3. The van der Waals surface area contributed by atoms with Gasteiger partial charge in [0.25, 0.3) is 0 Å². The highest BCUT2D eigenvalue weighted by Crippen LogP contribution is 2.37. The normalized spacial score (nSPS) is 19.0. The third-order valence-electron chi connectivity index (χ3n) is 4.39. The van der Waals surface area contributed by atoms with Crippen LogP contribution < -0.4 is 0 Å². The minimum atomic E-state index is -1.20. The Morgan fingerprint density at radius 3 is 2.52 bits per heavy atom. The molecule has 1 aromatic carbocycles. The Balaban J connectivity index is 2.15. The van der Waals surface area contributed by atoms with Crippen molar-refractivity contribution in [1.29, 1.82) is 0 Å². The number of ether oxygens (including phenoxy) is 1. The van der Waals surface area contributed by atoms with Crippen molar-refractivity contribution in [3.8, 4) is 0 Å². The fraction of sp³-hybridized carbons (Fsp3) is 0.450. The Morgan fingerprint density at radius 1 is 1.26 bits per heavy atom. The zero-order valence-electron chi connectivity index (χ0n) is 14.8. The van der Waals surface area contributed by atoms with E-state index in [1.807, 2.05) is 18.2 Å². The van der Waals surface area contributed by atoms with Gasteiger partial charge in [-0.2, -0.15) is 0 Å². The number of carbonyl (C=O) groups is 1. The maximum atomic E-state index is 12.2. The van der Waals surface area contributed by atoms with Crippen molar-refractivity contribution in [3.05, 3.63) is 59.2 Å². The van der Waals surface area contributed by atoms with Gasteiger partial charge in [0.1, 0.15) is 6.61 Å². The summed E-state index contributed by atoms with van der Waals surface area (Å²) in [6, 6.07) is 10.4. The van der Waals surface area contributed by atoms with E-state index in [0.29, 0.717) is 18.1 Å². The molecule has 23 heavy (non-hydrogen) atoms. The van der Waals surface area contributed by atoms with E-state index in [1.54, 1.807) is 12.1 Å². The summed E-state index contributed by atoms with van der Waals surface area (Å²) in [5.74, 6) is 0.224. The van der Waals surface area contributed by atoms with Gasteiger partial charge < -0.3 is 4.74 Å². The number of allylic oxidation sites excluding steroid dienone is 1. The third-order valence-corrected chi connectivity index (χ3v) is 5.88. The van der Waals surface area contributed by atoms with Crippen LogP contribution >= 0.6 is 0 Å².